The lowest BCUT2D eigenvalue weighted by molar-refractivity contribution is -0.0558. The highest BCUT2D eigenvalue weighted by atomic mass is 16.5. The second-order valence-corrected chi connectivity index (χ2v) is 6.57. The molecule has 1 N–H and O–H groups in total. The molecule has 19 heavy (non-hydrogen) atoms. The maximum Gasteiger partial charge on any atom is 0.0900 e. The Hall–Kier alpha value is -0.160. The summed E-state index contributed by atoms with van der Waals surface area (Å²) in [7, 11) is 0. The lowest BCUT2D eigenvalue weighted by Gasteiger charge is -2.26. The van der Waals surface area contributed by atoms with Gasteiger partial charge >= 0.3 is 0 Å². The van der Waals surface area contributed by atoms with E-state index in [0.717, 1.165) is 26.2 Å². The normalized spacial score (nSPS) is 21.3. The lowest BCUT2D eigenvalue weighted by atomic mass is 10.2. The van der Waals surface area contributed by atoms with Gasteiger partial charge in [0.25, 0.3) is 0 Å². The zero-order valence-electron chi connectivity index (χ0n) is 13.2. The van der Waals surface area contributed by atoms with E-state index in [0.29, 0.717) is 6.61 Å². The zero-order chi connectivity index (χ0) is 14.3. The summed E-state index contributed by atoms with van der Waals surface area (Å²) in [4.78, 5) is 4.89. The monoisotopic (exact) mass is 272 g/mol. The molecule has 1 atom stereocenters. The average molecular weight is 272 g/mol. The highest BCUT2D eigenvalue weighted by Gasteiger charge is 2.19. The highest BCUT2D eigenvalue weighted by molar-refractivity contribution is 4.72. The Kier molecular flexibility index (Phi) is 7.29. The first-order chi connectivity index (χ1) is 8.90. The molecule has 1 aliphatic rings. The van der Waals surface area contributed by atoms with Crippen molar-refractivity contribution in [2.45, 2.75) is 52.2 Å². The van der Waals surface area contributed by atoms with Crippen molar-refractivity contribution in [3.8, 4) is 0 Å². The summed E-state index contributed by atoms with van der Waals surface area (Å²) in [5.41, 5.74) is -0.169. The number of aliphatic hydroxyl groups is 1. The van der Waals surface area contributed by atoms with E-state index < -0.39 is 0 Å². The smallest absolute Gasteiger partial charge is 0.0900 e. The first kappa shape index (κ1) is 16.9. The fourth-order valence-corrected chi connectivity index (χ4v) is 2.44. The van der Waals surface area contributed by atoms with Crippen molar-refractivity contribution in [2.75, 3.05) is 45.9 Å². The van der Waals surface area contributed by atoms with Crippen molar-refractivity contribution < 1.29 is 9.84 Å². The van der Waals surface area contributed by atoms with Crippen LogP contribution >= 0.6 is 0 Å². The molecule has 0 bridgehead atoms. The third-order valence-electron chi connectivity index (χ3n) is 3.40. The molecule has 0 radical (unpaired) electrons. The van der Waals surface area contributed by atoms with E-state index in [-0.39, 0.29) is 11.7 Å². The fourth-order valence-electron chi connectivity index (χ4n) is 2.44. The van der Waals surface area contributed by atoms with Crippen LogP contribution in [-0.2, 0) is 4.74 Å². The predicted octanol–water partition coefficient (Wildman–Crippen LogP) is 1.58. The van der Waals surface area contributed by atoms with Crippen molar-refractivity contribution in [1.29, 1.82) is 0 Å². The van der Waals surface area contributed by atoms with Crippen LogP contribution in [0.5, 0.6) is 0 Å². The number of rotatable bonds is 6. The predicted molar refractivity (Wildman–Crippen MR) is 79.5 cm³/mol. The molecule has 0 saturated carbocycles. The maximum absolute atomic E-state index is 10.0. The Morgan fingerprint density at radius 2 is 1.74 bits per heavy atom. The van der Waals surface area contributed by atoms with Crippen LogP contribution in [0.25, 0.3) is 0 Å². The number of ether oxygens (including phenoxy) is 1. The van der Waals surface area contributed by atoms with E-state index in [4.69, 9.17) is 4.74 Å². The maximum atomic E-state index is 10.0. The standard InChI is InChI=1S/C15H32N2O2/c1-5-7-16-8-6-9-17(11-10-16)12-14(18)13-19-15(2,3)4/h14,18H,5-13H2,1-4H3. The second kappa shape index (κ2) is 8.20. The van der Waals surface area contributed by atoms with Crippen LogP contribution in [0.3, 0.4) is 0 Å². The summed E-state index contributed by atoms with van der Waals surface area (Å²) in [6, 6.07) is 0. The Balaban J connectivity index is 2.25. The van der Waals surface area contributed by atoms with Gasteiger partial charge < -0.3 is 14.7 Å². The first-order valence-electron chi connectivity index (χ1n) is 7.67. The summed E-state index contributed by atoms with van der Waals surface area (Å²) in [6.45, 7) is 15.1. The van der Waals surface area contributed by atoms with E-state index in [1.54, 1.807) is 0 Å². The van der Waals surface area contributed by atoms with E-state index in [9.17, 15) is 5.11 Å². The molecule has 0 amide bonds. The summed E-state index contributed by atoms with van der Waals surface area (Å²) in [5.74, 6) is 0. The summed E-state index contributed by atoms with van der Waals surface area (Å²) in [5, 5.41) is 10.0. The van der Waals surface area contributed by atoms with Crippen LogP contribution in [0.15, 0.2) is 0 Å². The Morgan fingerprint density at radius 1 is 1.11 bits per heavy atom. The molecule has 114 valence electrons. The number of hydrogen-bond acceptors (Lipinski definition) is 4. The molecule has 0 spiro atoms. The van der Waals surface area contributed by atoms with Gasteiger partial charge in [-0.15, -0.1) is 0 Å². The van der Waals surface area contributed by atoms with Crippen molar-refractivity contribution in [3.63, 3.8) is 0 Å². The summed E-state index contributed by atoms with van der Waals surface area (Å²) in [6.07, 6.45) is 2.05. The molecular weight excluding hydrogens is 240 g/mol. The van der Waals surface area contributed by atoms with Crippen molar-refractivity contribution in [3.05, 3.63) is 0 Å². The highest BCUT2D eigenvalue weighted by Crippen LogP contribution is 2.09. The van der Waals surface area contributed by atoms with Gasteiger partial charge in [0.2, 0.25) is 0 Å². The molecule has 1 aliphatic heterocycles. The number of β-amino-alcohol motifs (C(OH)–C–C–N with tert-alkyl or cyclic N) is 1. The van der Waals surface area contributed by atoms with Crippen LogP contribution in [0.1, 0.15) is 40.5 Å². The number of nitrogens with zero attached hydrogens (tertiary/aromatic N) is 2. The van der Waals surface area contributed by atoms with Crippen LogP contribution in [-0.4, -0.2) is 72.5 Å². The van der Waals surface area contributed by atoms with Crippen molar-refractivity contribution in [2.24, 2.45) is 0 Å². The minimum Gasteiger partial charge on any atom is -0.389 e. The van der Waals surface area contributed by atoms with Crippen molar-refractivity contribution >= 4 is 0 Å². The minimum atomic E-state index is -0.378. The fraction of sp³-hybridized carbons (Fsp3) is 1.00. The topological polar surface area (TPSA) is 35.9 Å². The Morgan fingerprint density at radius 3 is 2.37 bits per heavy atom. The molecule has 1 heterocycles. The van der Waals surface area contributed by atoms with E-state index in [2.05, 4.69) is 16.7 Å². The van der Waals surface area contributed by atoms with Crippen LogP contribution < -0.4 is 0 Å². The number of hydrogen-bond donors (Lipinski definition) is 1. The third-order valence-corrected chi connectivity index (χ3v) is 3.40. The van der Waals surface area contributed by atoms with Gasteiger partial charge in [0.1, 0.15) is 0 Å². The van der Waals surface area contributed by atoms with Gasteiger partial charge in [0.05, 0.1) is 18.3 Å². The molecule has 1 unspecified atom stereocenters. The second-order valence-electron chi connectivity index (χ2n) is 6.57. The molecule has 0 aromatic heterocycles. The Bertz CT molecular complexity index is 241. The van der Waals surface area contributed by atoms with E-state index in [1.807, 2.05) is 20.8 Å². The molecule has 0 aromatic carbocycles. The van der Waals surface area contributed by atoms with Gasteiger partial charge in [0.15, 0.2) is 0 Å². The minimum absolute atomic E-state index is 0.169. The zero-order valence-corrected chi connectivity index (χ0v) is 13.2. The molecular formula is C15H32N2O2. The van der Waals surface area contributed by atoms with Crippen LogP contribution in [0.4, 0.5) is 0 Å². The molecule has 1 rings (SSSR count). The Labute approximate surface area is 118 Å². The van der Waals surface area contributed by atoms with Gasteiger partial charge in [0, 0.05) is 19.6 Å². The molecule has 1 fully saturated rings. The molecule has 0 aliphatic carbocycles. The van der Waals surface area contributed by atoms with Gasteiger partial charge in [-0.1, -0.05) is 6.92 Å². The van der Waals surface area contributed by atoms with Crippen LogP contribution in [0.2, 0.25) is 0 Å². The largest absolute Gasteiger partial charge is 0.389 e. The van der Waals surface area contributed by atoms with E-state index >= 15 is 0 Å². The first-order valence-corrected chi connectivity index (χ1v) is 7.67. The number of aliphatic hydroxyl groups excluding tert-OH is 1. The summed E-state index contributed by atoms with van der Waals surface area (Å²) >= 11 is 0. The van der Waals surface area contributed by atoms with Gasteiger partial charge in [-0.05, 0) is 53.2 Å². The van der Waals surface area contributed by atoms with Crippen molar-refractivity contribution in [1.82, 2.24) is 9.80 Å². The summed E-state index contributed by atoms with van der Waals surface area (Å²) < 4.78 is 5.64. The third kappa shape index (κ3) is 7.88. The molecule has 4 heteroatoms. The molecule has 1 saturated heterocycles. The van der Waals surface area contributed by atoms with Gasteiger partial charge in [-0.3, -0.25) is 4.90 Å². The van der Waals surface area contributed by atoms with Gasteiger partial charge in [-0.2, -0.15) is 0 Å². The lowest BCUT2D eigenvalue weighted by Crippen LogP contribution is -2.39. The quantitative estimate of drug-likeness (QED) is 0.796. The van der Waals surface area contributed by atoms with Gasteiger partial charge in [-0.25, -0.2) is 0 Å². The average Bonchev–Trinajstić information content (AvgIpc) is 2.52. The SMILES string of the molecule is CCCN1CCCN(CC(O)COC(C)(C)C)CC1. The molecule has 0 aromatic rings. The van der Waals surface area contributed by atoms with E-state index in [1.165, 1.54) is 25.9 Å². The molecule has 4 nitrogen and oxygen atoms in total. The van der Waals surface area contributed by atoms with Crippen LogP contribution in [0, 0.1) is 0 Å².